The number of rotatable bonds is 2. The molecule has 0 radical (unpaired) electrons. The van der Waals surface area contributed by atoms with Crippen molar-refractivity contribution in [1.29, 1.82) is 0 Å². The molecule has 2 aliphatic heterocycles. The molecule has 5 heteroatoms. The van der Waals surface area contributed by atoms with Gasteiger partial charge in [-0.15, -0.1) is 0 Å². The summed E-state index contributed by atoms with van der Waals surface area (Å²) in [6.45, 7) is 4.69. The van der Waals surface area contributed by atoms with Gasteiger partial charge in [-0.05, 0) is 93.2 Å². The smallest absolute Gasteiger partial charge is 0.252 e. The van der Waals surface area contributed by atoms with Crippen molar-refractivity contribution in [2.45, 2.75) is 19.3 Å². The number of hydrogen-bond donors (Lipinski definition) is 0. The molecule has 4 heterocycles. The van der Waals surface area contributed by atoms with Gasteiger partial charge < -0.3 is 18.6 Å². The number of hydrogen-bond acceptors (Lipinski definition) is 4. The van der Waals surface area contributed by atoms with Crippen LogP contribution in [0.15, 0.2) is 173 Å². The Morgan fingerprint density at radius 2 is 0.929 bits per heavy atom. The summed E-state index contributed by atoms with van der Waals surface area (Å²) in [7, 11) is 0. The van der Waals surface area contributed by atoms with Crippen LogP contribution >= 0.6 is 0 Å². The topological polar surface area (TPSA) is 32.8 Å². The first-order chi connectivity index (χ1) is 27.6. The highest BCUT2D eigenvalue weighted by atomic mass is 16.3. The van der Waals surface area contributed by atoms with Gasteiger partial charge >= 0.3 is 0 Å². The Kier molecular flexibility index (Phi) is 5.76. The van der Waals surface area contributed by atoms with E-state index in [1.165, 1.54) is 38.6 Å². The highest BCUT2D eigenvalue weighted by molar-refractivity contribution is 7.00. The molecule has 8 aromatic carbocycles. The van der Waals surface area contributed by atoms with Gasteiger partial charge in [-0.25, -0.2) is 0 Å². The Bertz CT molecular complexity index is 3330. The van der Waals surface area contributed by atoms with E-state index in [2.05, 4.69) is 181 Å². The lowest BCUT2D eigenvalue weighted by Crippen LogP contribution is -2.61. The summed E-state index contributed by atoms with van der Waals surface area (Å²) in [6, 6.07) is 59.5. The van der Waals surface area contributed by atoms with Gasteiger partial charge in [0, 0.05) is 49.7 Å². The summed E-state index contributed by atoms with van der Waals surface area (Å²) >= 11 is 0. The van der Waals surface area contributed by atoms with E-state index in [1.54, 1.807) is 0 Å². The first-order valence-corrected chi connectivity index (χ1v) is 19.5. The Balaban J connectivity index is 1.07. The fraction of sp³-hybridized carbons (Fsp3) is 0.0588. The minimum atomic E-state index is -0.110. The van der Waals surface area contributed by atoms with Gasteiger partial charge in [-0.3, -0.25) is 0 Å². The zero-order valence-electron chi connectivity index (χ0n) is 30.9. The number of anilines is 6. The zero-order chi connectivity index (χ0) is 36.9. The predicted molar refractivity (Wildman–Crippen MR) is 233 cm³/mol. The van der Waals surface area contributed by atoms with Crippen molar-refractivity contribution < 1.29 is 8.83 Å². The summed E-state index contributed by atoms with van der Waals surface area (Å²) in [5, 5.41) is 4.50. The minimum Gasteiger partial charge on any atom is -0.454 e. The van der Waals surface area contributed by atoms with Crippen LogP contribution in [0.25, 0.3) is 55.0 Å². The normalized spacial score (nSPS) is 14.6. The maximum Gasteiger partial charge on any atom is 0.252 e. The molecule has 13 rings (SSSR count). The van der Waals surface area contributed by atoms with E-state index < -0.39 is 0 Å². The van der Waals surface area contributed by atoms with Crippen LogP contribution in [0.1, 0.15) is 25.0 Å². The lowest BCUT2D eigenvalue weighted by atomic mass is 9.33. The van der Waals surface area contributed by atoms with Crippen molar-refractivity contribution in [3.63, 3.8) is 0 Å². The Labute approximate surface area is 323 Å². The van der Waals surface area contributed by atoms with Gasteiger partial charge in [0.2, 0.25) is 0 Å². The van der Waals surface area contributed by atoms with Crippen molar-refractivity contribution in [2.24, 2.45) is 0 Å². The van der Waals surface area contributed by atoms with Crippen LogP contribution in [0.3, 0.4) is 0 Å². The summed E-state index contributed by atoms with van der Waals surface area (Å²) in [4.78, 5) is 4.86. The summed E-state index contributed by atoms with van der Waals surface area (Å²) in [5.74, 6) is 0. The molecule has 0 amide bonds. The first kappa shape index (κ1) is 30.4. The predicted octanol–water partition coefficient (Wildman–Crippen LogP) is 11.9. The lowest BCUT2D eigenvalue weighted by molar-refractivity contribution is 0.647. The summed E-state index contributed by atoms with van der Waals surface area (Å²) < 4.78 is 13.7. The van der Waals surface area contributed by atoms with E-state index in [9.17, 15) is 0 Å². The van der Waals surface area contributed by atoms with E-state index >= 15 is 0 Å². The van der Waals surface area contributed by atoms with Crippen molar-refractivity contribution >= 4 is 101 Å². The third-order valence-electron chi connectivity index (χ3n) is 12.9. The molecule has 0 saturated heterocycles. The molecule has 56 heavy (non-hydrogen) atoms. The zero-order valence-corrected chi connectivity index (χ0v) is 30.9. The second-order valence-corrected chi connectivity index (χ2v) is 16.0. The van der Waals surface area contributed by atoms with Crippen LogP contribution in [0.5, 0.6) is 0 Å². The van der Waals surface area contributed by atoms with Crippen LogP contribution in [0.2, 0.25) is 0 Å². The third-order valence-corrected chi connectivity index (χ3v) is 12.9. The van der Waals surface area contributed by atoms with Crippen LogP contribution in [0.4, 0.5) is 34.1 Å². The SMILES string of the molecule is CC1(C)c2ccccc2-c2cc3c(cc21)oc1c(N2c4ccccc4B4c5ccccc5N(c5cccc6c5oc5ccccc56)c5cccc2c54)cccc13. The van der Waals surface area contributed by atoms with E-state index in [1.807, 2.05) is 6.07 Å². The second-order valence-electron chi connectivity index (χ2n) is 16.0. The van der Waals surface area contributed by atoms with Crippen LogP contribution < -0.4 is 26.2 Å². The van der Waals surface area contributed by atoms with Gasteiger partial charge in [0.05, 0.1) is 11.4 Å². The number of nitrogens with zero attached hydrogens (tertiary/aromatic N) is 2. The highest BCUT2D eigenvalue weighted by Gasteiger charge is 2.44. The van der Waals surface area contributed by atoms with E-state index in [0.29, 0.717) is 0 Å². The fourth-order valence-electron chi connectivity index (χ4n) is 10.4. The average molecular weight is 717 g/mol. The summed E-state index contributed by atoms with van der Waals surface area (Å²) in [5.41, 5.74) is 19.3. The Morgan fingerprint density at radius 1 is 0.411 bits per heavy atom. The van der Waals surface area contributed by atoms with Crippen molar-refractivity contribution in [2.75, 3.05) is 9.80 Å². The summed E-state index contributed by atoms with van der Waals surface area (Å²) in [6.07, 6.45) is 0. The molecular formula is C51H33BN2O2. The van der Waals surface area contributed by atoms with Crippen molar-refractivity contribution in [3.05, 3.63) is 175 Å². The molecule has 2 aromatic heterocycles. The Morgan fingerprint density at radius 3 is 1.64 bits per heavy atom. The number of benzene rings is 8. The maximum atomic E-state index is 7.04. The average Bonchev–Trinajstić information content (AvgIpc) is 3.88. The van der Waals surface area contributed by atoms with Crippen LogP contribution in [0, 0.1) is 0 Å². The Hall–Kier alpha value is -6.98. The lowest BCUT2D eigenvalue weighted by Gasteiger charge is -2.43. The largest absolute Gasteiger partial charge is 0.454 e. The van der Waals surface area contributed by atoms with Crippen molar-refractivity contribution in [1.82, 2.24) is 0 Å². The quantitative estimate of drug-likeness (QED) is 0.167. The van der Waals surface area contributed by atoms with Crippen LogP contribution in [-0.4, -0.2) is 6.71 Å². The molecule has 0 fully saturated rings. The molecule has 10 aromatic rings. The van der Waals surface area contributed by atoms with Gasteiger partial charge in [0.1, 0.15) is 11.2 Å². The molecule has 1 aliphatic carbocycles. The molecular weight excluding hydrogens is 683 g/mol. The molecule has 0 spiro atoms. The standard InChI is InChI=1S/C51H33BN2O2/c1-51(2)36-18-5-3-14-30(36)34-28-35-33-17-12-26-45(50(33)56-47(35)29-37(34)51)54-41-22-9-7-20-39(41)52-38-19-6-8-21-40(38)53(42-23-13-24-43(54)48(42)52)44-25-11-16-32-31-15-4-10-27-46(31)55-49(32)44/h3-29H,1-2H3. The first-order valence-electron chi connectivity index (χ1n) is 19.5. The van der Waals surface area contributed by atoms with Crippen LogP contribution in [-0.2, 0) is 5.41 Å². The van der Waals surface area contributed by atoms with Gasteiger partial charge in [-0.2, -0.15) is 0 Å². The molecule has 0 bridgehead atoms. The molecule has 4 nitrogen and oxygen atoms in total. The molecule has 0 saturated carbocycles. The minimum absolute atomic E-state index is 0.0381. The monoisotopic (exact) mass is 716 g/mol. The van der Waals surface area contributed by atoms with E-state index in [0.717, 1.165) is 78.0 Å². The third kappa shape index (κ3) is 3.75. The van der Waals surface area contributed by atoms with Gasteiger partial charge in [0.25, 0.3) is 6.71 Å². The molecule has 0 unspecified atom stereocenters. The number of fused-ring (bicyclic) bond motifs is 13. The molecule has 3 aliphatic rings. The maximum absolute atomic E-state index is 7.04. The molecule has 0 N–H and O–H groups in total. The second kappa shape index (κ2) is 10.6. The fourth-order valence-corrected chi connectivity index (χ4v) is 10.4. The number of furan rings is 2. The number of para-hydroxylation sites is 5. The van der Waals surface area contributed by atoms with E-state index in [-0.39, 0.29) is 12.1 Å². The molecule has 262 valence electrons. The highest BCUT2D eigenvalue weighted by Crippen LogP contribution is 2.52. The van der Waals surface area contributed by atoms with Crippen molar-refractivity contribution in [3.8, 4) is 11.1 Å². The van der Waals surface area contributed by atoms with Gasteiger partial charge in [0.15, 0.2) is 11.2 Å². The van der Waals surface area contributed by atoms with E-state index in [4.69, 9.17) is 8.83 Å². The molecule has 0 atom stereocenters. The van der Waals surface area contributed by atoms with Gasteiger partial charge in [-0.1, -0.05) is 123 Å².